The number of ether oxygens (including phenoxy) is 3. The number of aliphatic hydroxyl groups is 5. The van der Waals surface area contributed by atoms with Crippen LogP contribution >= 0.6 is 0 Å². The van der Waals surface area contributed by atoms with Gasteiger partial charge in [-0.2, -0.15) is 0 Å². The third-order valence-corrected chi connectivity index (χ3v) is 15.1. The quantitative estimate of drug-likeness (QED) is 0.0195. The van der Waals surface area contributed by atoms with E-state index in [9.17, 15) is 35.1 Å². The van der Waals surface area contributed by atoms with Crippen molar-refractivity contribution in [1.29, 1.82) is 0 Å². The Morgan fingerprint density at radius 2 is 0.873 bits per heavy atom. The van der Waals surface area contributed by atoms with Gasteiger partial charge in [-0.05, 0) is 96.3 Å². The van der Waals surface area contributed by atoms with Gasteiger partial charge < -0.3 is 45.1 Å². The van der Waals surface area contributed by atoms with E-state index in [1.54, 1.807) is 6.08 Å². The summed E-state index contributed by atoms with van der Waals surface area (Å²) in [6, 6.07) is -1.03. The number of carbonyl (C=O) groups excluding carboxylic acids is 2. The molecule has 0 aromatic rings. The van der Waals surface area contributed by atoms with Crippen LogP contribution in [0.1, 0.15) is 284 Å². The molecule has 11 nitrogen and oxygen atoms in total. The molecule has 1 aliphatic heterocycles. The van der Waals surface area contributed by atoms with Crippen molar-refractivity contribution in [3.8, 4) is 0 Å². The zero-order chi connectivity index (χ0) is 57.5. The van der Waals surface area contributed by atoms with Crippen LogP contribution in [-0.2, 0) is 23.8 Å². The molecule has 0 bridgehead atoms. The van der Waals surface area contributed by atoms with Crippen LogP contribution in [0.25, 0.3) is 0 Å². The molecule has 1 rings (SSSR count). The monoisotopic (exact) mass is 1110 g/mol. The Labute approximate surface area is 483 Å². The highest BCUT2D eigenvalue weighted by Crippen LogP contribution is 2.26. The predicted molar refractivity (Wildman–Crippen MR) is 329 cm³/mol. The van der Waals surface area contributed by atoms with Gasteiger partial charge in [-0.3, -0.25) is 9.59 Å². The van der Waals surface area contributed by atoms with Gasteiger partial charge in [0.25, 0.3) is 0 Å². The molecule has 0 spiro atoms. The zero-order valence-corrected chi connectivity index (χ0v) is 50.7. The molecule has 8 unspecified atom stereocenters. The third-order valence-electron chi connectivity index (χ3n) is 15.1. The van der Waals surface area contributed by atoms with Crippen molar-refractivity contribution in [3.05, 3.63) is 72.9 Å². The smallest absolute Gasteiger partial charge is 0.306 e. The fourth-order valence-corrected chi connectivity index (χ4v) is 9.86. The minimum Gasteiger partial charge on any atom is -0.454 e. The number of unbranched alkanes of at least 4 members (excludes halogenated alkanes) is 31. The topological polar surface area (TPSA) is 175 Å². The van der Waals surface area contributed by atoms with E-state index in [0.717, 1.165) is 96.3 Å². The van der Waals surface area contributed by atoms with E-state index in [4.69, 9.17) is 14.2 Å². The maximum absolute atomic E-state index is 13.4. The molecule has 1 saturated heterocycles. The highest BCUT2D eigenvalue weighted by Gasteiger charge is 2.47. The van der Waals surface area contributed by atoms with Gasteiger partial charge in [-0.15, -0.1) is 0 Å². The molecular weight excluding hydrogens is 991 g/mol. The minimum absolute atomic E-state index is 0.113. The summed E-state index contributed by atoms with van der Waals surface area (Å²) >= 11 is 0. The van der Waals surface area contributed by atoms with Crippen molar-refractivity contribution in [2.24, 2.45) is 0 Å². The van der Waals surface area contributed by atoms with Gasteiger partial charge in [0, 0.05) is 6.42 Å². The molecule has 1 heterocycles. The van der Waals surface area contributed by atoms with Gasteiger partial charge in [-0.1, -0.05) is 254 Å². The van der Waals surface area contributed by atoms with E-state index in [0.29, 0.717) is 12.8 Å². The molecule has 0 aliphatic carbocycles. The maximum atomic E-state index is 13.4. The number of nitrogens with one attached hydrogen (secondary N) is 1. The van der Waals surface area contributed by atoms with E-state index < -0.39 is 67.4 Å². The van der Waals surface area contributed by atoms with Crippen LogP contribution in [-0.4, -0.2) is 99.6 Å². The predicted octanol–water partition coefficient (Wildman–Crippen LogP) is 16.0. The lowest BCUT2D eigenvalue weighted by Gasteiger charge is -2.41. The second kappa shape index (κ2) is 55.6. The molecule has 0 aromatic carbocycles. The summed E-state index contributed by atoms with van der Waals surface area (Å²) in [5.41, 5.74) is 0. The minimum atomic E-state index is -1.62. The number of esters is 1. The number of amides is 1. The average Bonchev–Trinajstić information content (AvgIpc) is 3.45. The third kappa shape index (κ3) is 43.5. The number of allylic oxidation sites excluding steroid dienone is 11. The Balaban J connectivity index is 2.63. The van der Waals surface area contributed by atoms with Crippen LogP contribution in [0.4, 0.5) is 0 Å². The maximum Gasteiger partial charge on any atom is 0.306 e. The Morgan fingerprint density at radius 3 is 1.33 bits per heavy atom. The fourth-order valence-electron chi connectivity index (χ4n) is 9.86. The van der Waals surface area contributed by atoms with Crippen molar-refractivity contribution in [2.75, 3.05) is 13.2 Å². The lowest BCUT2D eigenvalue weighted by molar-refractivity contribution is -0.305. The van der Waals surface area contributed by atoms with Crippen LogP contribution in [0, 0.1) is 0 Å². The first kappa shape index (κ1) is 74.1. The molecule has 0 aromatic heterocycles. The normalized spacial score (nSPS) is 19.3. The van der Waals surface area contributed by atoms with Crippen LogP contribution in [0.2, 0.25) is 0 Å². The highest BCUT2D eigenvalue weighted by molar-refractivity contribution is 5.80. The summed E-state index contributed by atoms with van der Waals surface area (Å²) in [6.07, 6.45) is 60.8. The number of hydrogen-bond acceptors (Lipinski definition) is 10. The SMILES string of the molecule is CCCCC/C=C\C/C=C\C/C=C\CCCCCCCCCCCC(O)C(=O)NC(COC1OC(CO)C(O)C(O)C1OC(=O)CCCCCCCCC/C=C\C/C=C\CCCCC)C(O)/C=C/CCCCCCCCCCC. The second-order valence-electron chi connectivity index (χ2n) is 22.5. The van der Waals surface area contributed by atoms with Crippen molar-refractivity contribution in [3.63, 3.8) is 0 Å². The van der Waals surface area contributed by atoms with E-state index in [1.165, 1.54) is 141 Å². The van der Waals surface area contributed by atoms with Gasteiger partial charge >= 0.3 is 5.97 Å². The molecule has 458 valence electrons. The lowest BCUT2D eigenvalue weighted by atomic mass is 9.99. The van der Waals surface area contributed by atoms with Crippen molar-refractivity contribution in [2.45, 2.75) is 333 Å². The summed E-state index contributed by atoms with van der Waals surface area (Å²) in [5, 5.41) is 57.0. The fraction of sp³-hybridized carbons (Fsp3) is 0.794. The molecule has 0 radical (unpaired) electrons. The van der Waals surface area contributed by atoms with E-state index in [2.05, 4.69) is 86.8 Å². The van der Waals surface area contributed by atoms with Gasteiger partial charge in [0.1, 0.15) is 24.4 Å². The lowest BCUT2D eigenvalue weighted by Crippen LogP contribution is -2.61. The molecule has 1 aliphatic rings. The molecular formula is C68H121NO10. The van der Waals surface area contributed by atoms with Crippen molar-refractivity contribution >= 4 is 11.9 Å². The molecule has 1 fully saturated rings. The van der Waals surface area contributed by atoms with Crippen LogP contribution in [0.15, 0.2) is 72.9 Å². The van der Waals surface area contributed by atoms with Crippen LogP contribution in [0.3, 0.4) is 0 Å². The summed E-state index contributed by atoms with van der Waals surface area (Å²) in [7, 11) is 0. The largest absolute Gasteiger partial charge is 0.454 e. The number of rotatable bonds is 55. The van der Waals surface area contributed by atoms with Crippen LogP contribution in [0.5, 0.6) is 0 Å². The molecule has 11 heteroatoms. The van der Waals surface area contributed by atoms with E-state index in [1.807, 2.05) is 6.08 Å². The Kier molecular flexibility index (Phi) is 52.2. The molecule has 1 amide bonds. The average molecular weight is 1110 g/mol. The van der Waals surface area contributed by atoms with E-state index >= 15 is 0 Å². The van der Waals surface area contributed by atoms with Crippen LogP contribution < -0.4 is 5.32 Å². The molecule has 8 atom stereocenters. The number of aliphatic hydroxyl groups excluding tert-OH is 5. The number of hydrogen-bond donors (Lipinski definition) is 6. The highest BCUT2D eigenvalue weighted by atomic mass is 16.7. The summed E-state index contributed by atoms with van der Waals surface area (Å²) in [6.45, 7) is 5.73. The Morgan fingerprint density at radius 1 is 0.494 bits per heavy atom. The van der Waals surface area contributed by atoms with Gasteiger partial charge in [0.15, 0.2) is 12.4 Å². The Bertz CT molecular complexity index is 1560. The second-order valence-corrected chi connectivity index (χ2v) is 22.5. The zero-order valence-electron chi connectivity index (χ0n) is 50.7. The first-order valence-electron chi connectivity index (χ1n) is 32.7. The Hall–Kier alpha value is -2.90. The van der Waals surface area contributed by atoms with Gasteiger partial charge in [0.05, 0.1) is 25.4 Å². The van der Waals surface area contributed by atoms with E-state index in [-0.39, 0.29) is 19.4 Å². The molecule has 6 N–H and O–H groups in total. The van der Waals surface area contributed by atoms with Gasteiger partial charge in [-0.25, -0.2) is 0 Å². The molecule has 79 heavy (non-hydrogen) atoms. The van der Waals surface area contributed by atoms with Crippen molar-refractivity contribution in [1.82, 2.24) is 5.32 Å². The van der Waals surface area contributed by atoms with Gasteiger partial charge in [0.2, 0.25) is 5.91 Å². The standard InChI is InChI=1S/C68H121NO10/c1-4-7-10-13-16-19-22-24-26-28-29-30-31-32-34-35-37-40-43-46-49-52-55-61(72)67(76)69-59(60(71)54-51-48-45-42-39-21-18-15-12-9-6-3)58-77-68-66(65(75)64(74)62(57-70)78-68)79-63(73)56-53-50-47-44-41-38-36-33-27-25-23-20-17-14-11-8-5-2/h16-17,19-20,24-27,29-30,51,54,59-62,64-66,68,70-72,74-75H,4-15,18,21-23,28,31-50,52-53,55-58H2,1-3H3,(H,69,76)/b19-16-,20-17-,26-24-,27-25-,30-29-,54-51+. The summed E-state index contributed by atoms with van der Waals surface area (Å²) in [4.78, 5) is 26.6. The first-order chi connectivity index (χ1) is 38.7. The molecule has 0 saturated carbocycles. The summed E-state index contributed by atoms with van der Waals surface area (Å²) in [5.74, 6) is -1.20. The van der Waals surface area contributed by atoms with Crippen molar-refractivity contribution < 1.29 is 49.3 Å². The number of carbonyl (C=O) groups is 2. The summed E-state index contributed by atoms with van der Waals surface area (Å²) < 4.78 is 17.6. The first-order valence-corrected chi connectivity index (χ1v) is 32.7.